The molecule has 0 saturated carbocycles. The maximum Gasteiger partial charge on any atom is 0.348 e. The largest absolute Gasteiger partial charge is 0.455 e. The zero-order chi connectivity index (χ0) is 17.9. The van der Waals surface area contributed by atoms with Crippen LogP contribution in [0.3, 0.4) is 0 Å². The second-order valence-corrected chi connectivity index (χ2v) is 8.59. The summed E-state index contributed by atoms with van der Waals surface area (Å²) in [6.45, 7) is 0.207. The fourth-order valence-corrected chi connectivity index (χ4v) is 5.12. The van der Waals surface area contributed by atoms with E-state index in [2.05, 4.69) is 10.1 Å². The van der Waals surface area contributed by atoms with Crippen LogP contribution in [-0.2, 0) is 31.2 Å². The number of hydrogen-bond acceptors (Lipinski definition) is 6. The summed E-state index contributed by atoms with van der Waals surface area (Å²) in [5.41, 5.74) is 3.10. The van der Waals surface area contributed by atoms with Crippen LogP contribution in [0.1, 0.15) is 51.5 Å². The SMILES string of the molecule is Cn1cc(-c2nc(COC(=O)c3cc4c(s3)CCCCCC4)cs2)cn1. The molecule has 136 valence electrons. The molecule has 3 aromatic heterocycles. The third kappa shape index (κ3) is 3.88. The Bertz CT molecular complexity index is 884. The first-order chi connectivity index (χ1) is 12.7. The Labute approximate surface area is 160 Å². The van der Waals surface area contributed by atoms with Crippen LogP contribution < -0.4 is 0 Å². The number of esters is 1. The van der Waals surface area contributed by atoms with E-state index in [0.29, 0.717) is 0 Å². The highest BCUT2D eigenvalue weighted by Gasteiger charge is 2.17. The lowest BCUT2D eigenvalue weighted by atomic mass is 10.00. The van der Waals surface area contributed by atoms with Gasteiger partial charge in [-0.3, -0.25) is 4.68 Å². The van der Waals surface area contributed by atoms with Crippen molar-refractivity contribution in [2.24, 2.45) is 7.05 Å². The van der Waals surface area contributed by atoms with Gasteiger partial charge in [0.2, 0.25) is 0 Å². The molecule has 3 heterocycles. The summed E-state index contributed by atoms with van der Waals surface area (Å²) in [5.74, 6) is -0.238. The molecule has 5 nitrogen and oxygen atoms in total. The maximum absolute atomic E-state index is 12.4. The van der Waals surface area contributed by atoms with Gasteiger partial charge in [-0.15, -0.1) is 22.7 Å². The quantitative estimate of drug-likeness (QED) is 0.613. The van der Waals surface area contributed by atoms with Gasteiger partial charge in [0.15, 0.2) is 0 Å². The lowest BCUT2D eigenvalue weighted by molar-refractivity contribution is 0.0474. The van der Waals surface area contributed by atoms with Gasteiger partial charge in [-0.2, -0.15) is 5.10 Å². The van der Waals surface area contributed by atoms with Crippen molar-refractivity contribution in [2.45, 2.75) is 45.1 Å². The molecule has 0 saturated heterocycles. The number of carbonyl (C=O) groups is 1. The minimum absolute atomic E-state index is 0.207. The van der Waals surface area contributed by atoms with Crippen molar-refractivity contribution < 1.29 is 9.53 Å². The zero-order valence-corrected chi connectivity index (χ0v) is 16.4. The molecule has 0 bridgehead atoms. The second kappa shape index (κ2) is 7.72. The van der Waals surface area contributed by atoms with Crippen LogP contribution in [-0.4, -0.2) is 20.7 Å². The molecule has 1 aliphatic carbocycles. The molecular weight excluding hydrogens is 366 g/mol. The van der Waals surface area contributed by atoms with Gasteiger partial charge in [0.05, 0.1) is 11.9 Å². The van der Waals surface area contributed by atoms with Crippen LogP contribution in [0, 0.1) is 0 Å². The van der Waals surface area contributed by atoms with Crippen molar-refractivity contribution >= 4 is 28.6 Å². The number of carbonyl (C=O) groups excluding carboxylic acids is 1. The standard InChI is InChI=1S/C19H21N3O2S2/c1-22-10-14(9-20-22)18-21-15(12-25-18)11-24-19(23)17-8-13-6-4-2-3-5-7-16(13)26-17/h8-10,12H,2-7,11H2,1H3. The molecule has 0 aromatic carbocycles. The molecule has 1 aliphatic rings. The fraction of sp³-hybridized carbons (Fsp3) is 0.421. The molecule has 0 spiro atoms. The van der Waals surface area contributed by atoms with Crippen molar-refractivity contribution in [3.8, 4) is 10.6 Å². The Morgan fingerprint density at radius 3 is 2.92 bits per heavy atom. The van der Waals surface area contributed by atoms with E-state index in [1.165, 1.54) is 47.5 Å². The van der Waals surface area contributed by atoms with E-state index in [-0.39, 0.29) is 12.6 Å². The van der Waals surface area contributed by atoms with Crippen molar-refractivity contribution in [1.29, 1.82) is 0 Å². The number of ether oxygens (including phenoxy) is 1. The molecule has 0 fully saturated rings. The molecule has 0 unspecified atom stereocenters. The number of nitrogens with zero attached hydrogens (tertiary/aromatic N) is 3. The average molecular weight is 388 g/mol. The summed E-state index contributed by atoms with van der Waals surface area (Å²) < 4.78 is 7.25. The highest BCUT2D eigenvalue weighted by atomic mass is 32.1. The van der Waals surface area contributed by atoms with Crippen LogP contribution in [0.15, 0.2) is 23.8 Å². The lowest BCUT2D eigenvalue weighted by Gasteiger charge is -2.07. The summed E-state index contributed by atoms with van der Waals surface area (Å²) in [4.78, 5) is 19.1. The highest BCUT2D eigenvalue weighted by Crippen LogP contribution is 2.29. The number of rotatable bonds is 4. The fourth-order valence-electron chi connectivity index (χ4n) is 3.19. The van der Waals surface area contributed by atoms with Crippen LogP contribution in [0.25, 0.3) is 10.6 Å². The smallest absolute Gasteiger partial charge is 0.348 e. The van der Waals surface area contributed by atoms with Crippen molar-refractivity contribution in [2.75, 3.05) is 0 Å². The number of thiazole rings is 1. The molecule has 4 rings (SSSR count). The summed E-state index contributed by atoms with van der Waals surface area (Å²) in [6, 6.07) is 2.04. The van der Waals surface area contributed by atoms with Gasteiger partial charge in [-0.05, 0) is 37.3 Å². The van der Waals surface area contributed by atoms with Gasteiger partial charge in [0.1, 0.15) is 16.5 Å². The Balaban J connectivity index is 1.40. The second-order valence-electron chi connectivity index (χ2n) is 6.60. The molecule has 0 aliphatic heterocycles. The molecule has 7 heteroatoms. The predicted molar refractivity (Wildman–Crippen MR) is 104 cm³/mol. The van der Waals surface area contributed by atoms with Crippen LogP contribution in [0.2, 0.25) is 0 Å². The summed E-state index contributed by atoms with van der Waals surface area (Å²) in [5, 5.41) is 6.99. The Morgan fingerprint density at radius 1 is 1.27 bits per heavy atom. The van der Waals surface area contributed by atoms with Crippen LogP contribution in [0.4, 0.5) is 0 Å². The summed E-state index contributed by atoms with van der Waals surface area (Å²) in [6.07, 6.45) is 10.9. The van der Waals surface area contributed by atoms with Gasteiger partial charge < -0.3 is 4.74 Å². The Kier molecular flexibility index (Phi) is 5.17. The first-order valence-electron chi connectivity index (χ1n) is 8.91. The number of aryl methyl sites for hydroxylation is 3. The van der Waals surface area contributed by atoms with E-state index < -0.39 is 0 Å². The minimum Gasteiger partial charge on any atom is -0.455 e. The van der Waals surface area contributed by atoms with Gasteiger partial charge >= 0.3 is 5.97 Å². The normalized spacial score (nSPS) is 14.5. The van der Waals surface area contributed by atoms with Crippen LogP contribution in [0.5, 0.6) is 0 Å². The molecule has 0 radical (unpaired) electrons. The Hall–Kier alpha value is -1.99. The topological polar surface area (TPSA) is 57.0 Å². The molecule has 3 aromatic rings. The highest BCUT2D eigenvalue weighted by molar-refractivity contribution is 7.14. The van der Waals surface area contributed by atoms with E-state index in [0.717, 1.165) is 34.0 Å². The molecule has 0 N–H and O–H groups in total. The summed E-state index contributed by atoms with van der Waals surface area (Å²) >= 11 is 3.14. The van der Waals surface area contributed by atoms with Crippen LogP contribution >= 0.6 is 22.7 Å². The van der Waals surface area contributed by atoms with E-state index in [1.54, 1.807) is 22.2 Å². The van der Waals surface area contributed by atoms with E-state index in [1.807, 2.05) is 24.7 Å². The number of thiophene rings is 1. The van der Waals surface area contributed by atoms with Gasteiger partial charge in [-0.25, -0.2) is 9.78 Å². The maximum atomic E-state index is 12.4. The summed E-state index contributed by atoms with van der Waals surface area (Å²) in [7, 11) is 1.88. The van der Waals surface area contributed by atoms with Gasteiger partial charge in [0.25, 0.3) is 0 Å². The van der Waals surface area contributed by atoms with E-state index in [9.17, 15) is 4.79 Å². The minimum atomic E-state index is -0.238. The first kappa shape index (κ1) is 17.4. The zero-order valence-electron chi connectivity index (χ0n) is 14.7. The third-order valence-electron chi connectivity index (χ3n) is 4.55. The third-order valence-corrected chi connectivity index (χ3v) is 6.71. The Morgan fingerprint density at radius 2 is 2.12 bits per heavy atom. The van der Waals surface area contributed by atoms with E-state index >= 15 is 0 Å². The number of aromatic nitrogens is 3. The van der Waals surface area contributed by atoms with Gasteiger partial charge in [0, 0.05) is 29.1 Å². The predicted octanol–water partition coefficient (Wildman–Crippen LogP) is 4.62. The molecular formula is C19H21N3O2S2. The number of hydrogen-bond donors (Lipinski definition) is 0. The van der Waals surface area contributed by atoms with Gasteiger partial charge in [-0.1, -0.05) is 12.8 Å². The van der Waals surface area contributed by atoms with Crippen molar-refractivity contribution in [3.05, 3.63) is 44.9 Å². The lowest BCUT2D eigenvalue weighted by Crippen LogP contribution is -2.03. The monoisotopic (exact) mass is 387 g/mol. The average Bonchev–Trinajstić information content (AvgIpc) is 3.33. The van der Waals surface area contributed by atoms with E-state index in [4.69, 9.17) is 4.74 Å². The molecule has 0 atom stereocenters. The van der Waals surface area contributed by atoms with Crippen molar-refractivity contribution in [1.82, 2.24) is 14.8 Å². The first-order valence-corrected chi connectivity index (χ1v) is 10.6. The number of fused-ring (bicyclic) bond motifs is 1. The molecule has 0 amide bonds. The molecule has 26 heavy (non-hydrogen) atoms. The van der Waals surface area contributed by atoms with Crippen molar-refractivity contribution in [3.63, 3.8) is 0 Å².